The number of carbonyl (C=O) groups excluding carboxylic acids is 2. The lowest BCUT2D eigenvalue weighted by molar-refractivity contribution is -0.131. The third kappa shape index (κ3) is 5.27. The summed E-state index contributed by atoms with van der Waals surface area (Å²) in [5.74, 6) is 0.202. The largest absolute Gasteiger partial charge is 0.367 e. The molecule has 5 heteroatoms. The van der Waals surface area contributed by atoms with Gasteiger partial charge in [0.2, 0.25) is 5.91 Å². The molecular weight excluding hydrogens is 256 g/mol. The van der Waals surface area contributed by atoms with Crippen LogP contribution in [-0.2, 0) is 14.3 Å². The van der Waals surface area contributed by atoms with E-state index < -0.39 is 0 Å². The van der Waals surface area contributed by atoms with Crippen LogP contribution in [0.3, 0.4) is 0 Å². The van der Waals surface area contributed by atoms with E-state index in [4.69, 9.17) is 4.74 Å². The average Bonchev–Trinajstić information content (AvgIpc) is 2.47. The first-order valence-corrected chi connectivity index (χ1v) is 6.97. The lowest BCUT2D eigenvalue weighted by Gasteiger charge is -2.28. The summed E-state index contributed by atoms with van der Waals surface area (Å²) in [7, 11) is 1.98. The third-order valence-corrected chi connectivity index (χ3v) is 3.37. The molecule has 2 rings (SSSR count). The highest BCUT2D eigenvalue weighted by molar-refractivity contribution is 5.93. The molecule has 2 heterocycles. The second-order valence-corrected chi connectivity index (χ2v) is 4.95. The van der Waals surface area contributed by atoms with Crippen LogP contribution in [0.25, 0.3) is 0 Å². The first-order valence-electron chi connectivity index (χ1n) is 6.97. The van der Waals surface area contributed by atoms with Crippen molar-refractivity contribution >= 4 is 11.7 Å². The van der Waals surface area contributed by atoms with Crippen LogP contribution < -0.4 is 0 Å². The molecular formula is C15H24N2O3. The minimum atomic E-state index is -0.286. The molecule has 1 unspecified atom stereocenters. The predicted octanol–water partition coefficient (Wildman–Crippen LogP) is 1.21. The Kier molecular flexibility index (Phi) is 7.18. The number of piperidine rings is 1. The Balaban J connectivity index is 0.000000204. The molecule has 2 aliphatic heterocycles. The summed E-state index contributed by atoms with van der Waals surface area (Å²) in [6.07, 6.45) is 5.52. The topological polar surface area (TPSA) is 49.9 Å². The molecule has 1 atom stereocenters. The van der Waals surface area contributed by atoms with Gasteiger partial charge in [0.1, 0.15) is 6.10 Å². The van der Waals surface area contributed by atoms with Gasteiger partial charge in [-0.2, -0.15) is 0 Å². The highest BCUT2D eigenvalue weighted by Crippen LogP contribution is 2.09. The molecule has 5 nitrogen and oxygen atoms in total. The zero-order chi connectivity index (χ0) is 15.0. The molecule has 0 aliphatic carbocycles. The predicted molar refractivity (Wildman–Crippen MR) is 78.2 cm³/mol. The van der Waals surface area contributed by atoms with E-state index in [1.165, 1.54) is 6.08 Å². The van der Waals surface area contributed by atoms with Gasteiger partial charge < -0.3 is 14.5 Å². The molecule has 2 fully saturated rings. The van der Waals surface area contributed by atoms with Gasteiger partial charge in [0, 0.05) is 26.1 Å². The van der Waals surface area contributed by atoms with Crippen LogP contribution in [-0.4, -0.2) is 60.9 Å². The molecule has 0 aromatic carbocycles. The van der Waals surface area contributed by atoms with Crippen LogP contribution in [0.15, 0.2) is 25.4 Å². The molecule has 0 N–H and O–H groups in total. The van der Waals surface area contributed by atoms with E-state index in [9.17, 15) is 9.59 Å². The Morgan fingerprint density at radius 2 is 2.10 bits per heavy atom. The summed E-state index contributed by atoms with van der Waals surface area (Å²) in [5, 5.41) is 0. The van der Waals surface area contributed by atoms with Gasteiger partial charge in [-0.25, -0.2) is 0 Å². The van der Waals surface area contributed by atoms with Crippen molar-refractivity contribution in [1.29, 1.82) is 0 Å². The number of rotatable bonds is 3. The van der Waals surface area contributed by atoms with Crippen molar-refractivity contribution in [3.8, 4) is 0 Å². The number of ketones is 1. The fourth-order valence-electron chi connectivity index (χ4n) is 2.10. The van der Waals surface area contributed by atoms with Crippen LogP contribution in [0.1, 0.15) is 19.3 Å². The first-order chi connectivity index (χ1) is 9.58. The van der Waals surface area contributed by atoms with E-state index in [0.717, 1.165) is 25.9 Å². The van der Waals surface area contributed by atoms with Crippen molar-refractivity contribution in [2.24, 2.45) is 0 Å². The van der Waals surface area contributed by atoms with E-state index in [2.05, 4.69) is 18.1 Å². The number of hydrogen-bond donors (Lipinski definition) is 0. The van der Waals surface area contributed by atoms with Crippen LogP contribution in [0, 0.1) is 0 Å². The van der Waals surface area contributed by atoms with Gasteiger partial charge in [0.15, 0.2) is 5.78 Å². The Hall–Kier alpha value is -1.46. The minimum Gasteiger partial charge on any atom is -0.367 e. The number of ether oxygens (including phenoxy) is 1. The third-order valence-electron chi connectivity index (χ3n) is 3.37. The van der Waals surface area contributed by atoms with Gasteiger partial charge in [0.25, 0.3) is 0 Å². The van der Waals surface area contributed by atoms with Crippen LogP contribution in [0.4, 0.5) is 0 Å². The SMILES string of the molecule is C=CC(=O)C1CN(C)CCO1.C=CN1CCCCC1=O. The number of morpholine rings is 1. The highest BCUT2D eigenvalue weighted by Gasteiger charge is 2.22. The zero-order valence-corrected chi connectivity index (χ0v) is 12.2. The maximum atomic E-state index is 11.0. The van der Waals surface area contributed by atoms with Gasteiger partial charge in [-0.05, 0) is 32.2 Å². The standard InChI is InChI=1S/C8H13NO2.C7H11NO/c1-3-7(10)8-6-9(2)4-5-11-8;1-2-8-6-4-3-5-7(8)9/h3,8H,1,4-6H2,2H3;2H,1,3-6H2. The van der Waals surface area contributed by atoms with Crippen molar-refractivity contribution in [2.45, 2.75) is 25.4 Å². The molecule has 20 heavy (non-hydrogen) atoms. The summed E-state index contributed by atoms with van der Waals surface area (Å²) in [5.41, 5.74) is 0. The van der Waals surface area contributed by atoms with Crippen LogP contribution in [0.5, 0.6) is 0 Å². The lowest BCUT2D eigenvalue weighted by atomic mass is 10.1. The summed E-state index contributed by atoms with van der Waals surface area (Å²) < 4.78 is 5.24. The molecule has 0 aromatic heterocycles. The van der Waals surface area contributed by atoms with E-state index in [1.54, 1.807) is 11.1 Å². The second-order valence-electron chi connectivity index (χ2n) is 4.95. The molecule has 0 bridgehead atoms. The van der Waals surface area contributed by atoms with Gasteiger partial charge in [-0.15, -0.1) is 0 Å². The molecule has 112 valence electrons. The quantitative estimate of drug-likeness (QED) is 0.729. The zero-order valence-electron chi connectivity index (χ0n) is 12.2. The van der Waals surface area contributed by atoms with Crippen molar-refractivity contribution in [3.63, 3.8) is 0 Å². The molecule has 2 saturated heterocycles. The molecule has 1 amide bonds. The fourth-order valence-corrected chi connectivity index (χ4v) is 2.10. The molecule has 0 saturated carbocycles. The monoisotopic (exact) mass is 280 g/mol. The van der Waals surface area contributed by atoms with Crippen LogP contribution >= 0.6 is 0 Å². The lowest BCUT2D eigenvalue weighted by Crippen LogP contribution is -2.43. The van der Waals surface area contributed by atoms with Crippen LogP contribution in [0.2, 0.25) is 0 Å². The minimum absolute atomic E-state index is 0.0171. The summed E-state index contributed by atoms with van der Waals surface area (Å²) in [4.78, 5) is 25.7. The van der Waals surface area contributed by atoms with E-state index >= 15 is 0 Å². The smallest absolute Gasteiger partial charge is 0.226 e. The Morgan fingerprint density at radius 1 is 1.35 bits per heavy atom. The molecule has 0 aromatic rings. The number of likely N-dealkylation sites (N-methyl/N-ethyl adjacent to an activating group) is 1. The number of amides is 1. The number of hydrogen-bond acceptors (Lipinski definition) is 4. The van der Waals surface area contributed by atoms with Gasteiger partial charge >= 0.3 is 0 Å². The number of carbonyl (C=O) groups is 2. The first kappa shape index (κ1) is 16.6. The van der Waals surface area contributed by atoms with E-state index in [-0.39, 0.29) is 17.8 Å². The van der Waals surface area contributed by atoms with E-state index in [0.29, 0.717) is 19.6 Å². The van der Waals surface area contributed by atoms with Crippen molar-refractivity contribution < 1.29 is 14.3 Å². The van der Waals surface area contributed by atoms with Gasteiger partial charge in [-0.1, -0.05) is 13.2 Å². The Bertz CT molecular complexity index is 368. The van der Waals surface area contributed by atoms with Crippen molar-refractivity contribution in [3.05, 3.63) is 25.4 Å². The van der Waals surface area contributed by atoms with Gasteiger partial charge in [0.05, 0.1) is 6.61 Å². The maximum absolute atomic E-state index is 11.0. The molecule has 0 spiro atoms. The normalized spacial score (nSPS) is 23.6. The molecule has 0 radical (unpaired) electrons. The summed E-state index contributed by atoms with van der Waals surface area (Å²) >= 11 is 0. The molecule has 2 aliphatic rings. The van der Waals surface area contributed by atoms with E-state index in [1.807, 2.05) is 7.05 Å². The van der Waals surface area contributed by atoms with Gasteiger partial charge in [-0.3, -0.25) is 9.59 Å². The summed E-state index contributed by atoms with van der Waals surface area (Å²) in [6.45, 7) is 10.0. The fraction of sp³-hybridized carbons (Fsp3) is 0.600. The second kappa shape index (κ2) is 8.66. The Labute approximate surface area is 120 Å². The average molecular weight is 280 g/mol. The van der Waals surface area contributed by atoms with Crippen molar-refractivity contribution in [1.82, 2.24) is 9.80 Å². The number of likely N-dealkylation sites (tertiary alicyclic amines) is 1. The number of nitrogens with zero attached hydrogens (tertiary/aromatic N) is 2. The van der Waals surface area contributed by atoms with Crippen molar-refractivity contribution in [2.75, 3.05) is 33.3 Å². The highest BCUT2D eigenvalue weighted by atomic mass is 16.5. The maximum Gasteiger partial charge on any atom is 0.226 e. The summed E-state index contributed by atoms with van der Waals surface area (Å²) in [6, 6.07) is 0. The Morgan fingerprint density at radius 3 is 2.60 bits per heavy atom.